The van der Waals surface area contributed by atoms with Crippen molar-refractivity contribution in [2.24, 2.45) is 0 Å². The Morgan fingerprint density at radius 1 is 1.16 bits per heavy atom. The Morgan fingerprint density at radius 3 is 2.72 bits per heavy atom. The average molecular weight is 435 g/mol. The second kappa shape index (κ2) is 8.42. The van der Waals surface area contributed by atoms with Gasteiger partial charge in [0.1, 0.15) is 5.82 Å². The van der Waals surface area contributed by atoms with Gasteiger partial charge in [-0.25, -0.2) is 13.8 Å². The highest BCUT2D eigenvalue weighted by atomic mass is 19.1. The predicted octanol–water partition coefficient (Wildman–Crippen LogP) is 2.10. The number of halogens is 1. The maximum absolute atomic E-state index is 14.0. The van der Waals surface area contributed by atoms with Crippen molar-refractivity contribution in [3.05, 3.63) is 86.9 Å². The molecule has 2 aromatic heterocycles. The number of carbonyl (C=O) groups excluding carboxylic acids is 1. The van der Waals surface area contributed by atoms with Crippen molar-refractivity contribution < 1.29 is 13.9 Å². The Bertz CT molecular complexity index is 1460. The maximum atomic E-state index is 14.0. The monoisotopic (exact) mass is 435 g/mol. The molecular formula is C22H18FN5O4. The van der Waals surface area contributed by atoms with Gasteiger partial charge in [0.2, 0.25) is 5.91 Å². The summed E-state index contributed by atoms with van der Waals surface area (Å²) in [6.07, 6.45) is 1.68. The first kappa shape index (κ1) is 20.9. The van der Waals surface area contributed by atoms with Gasteiger partial charge in [-0.2, -0.15) is 4.68 Å². The Kier molecular flexibility index (Phi) is 5.50. The average Bonchev–Trinajstić information content (AvgIpc) is 2.78. The molecule has 0 radical (unpaired) electrons. The molecule has 0 aliphatic rings. The van der Waals surface area contributed by atoms with Gasteiger partial charge < -0.3 is 10.1 Å². The van der Waals surface area contributed by atoms with E-state index in [-0.39, 0.29) is 23.8 Å². The molecule has 0 bridgehead atoms. The minimum Gasteiger partial charge on any atom is -0.476 e. The molecule has 2 heterocycles. The quantitative estimate of drug-likeness (QED) is 0.514. The van der Waals surface area contributed by atoms with E-state index in [9.17, 15) is 18.8 Å². The molecule has 0 saturated heterocycles. The molecule has 0 atom stereocenters. The Morgan fingerprint density at radius 2 is 1.97 bits per heavy atom. The summed E-state index contributed by atoms with van der Waals surface area (Å²) in [5.74, 6) is -1.46. The lowest BCUT2D eigenvalue weighted by molar-refractivity contribution is -0.114. The van der Waals surface area contributed by atoms with Gasteiger partial charge in [-0.05, 0) is 42.0 Å². The number of anilines is 1. The molecule has 10 heteroatoms. The Hall–Kier alpha value is -4.34. The summed E-state index contributed by atoms with van der Waals surface area (Å²) in [5, 5.41) is 7.18. The third-order valence-corrected chi connectivity index (χ3v) is 4.74. The van der Waals surface area contributed by atoms with Crippen molar-refractivity contribution >= 4 is 22.5 Å². The molecule has 0 fully saturated rings. The van der Waals surface area contributed by atoms with Crippen LogP contribution in [0, 0.1) is 5.82 Å². The fraction of sp³-hybridized carbons (Fsp3) is 0.136. The number of hydrogen-bond acceptors (Lipinski definition) is 6. The van der Waals surface area contributed by atoms with Gasteiger partial charge in [0.25, 0.3) is 5.88 Å². The van der Waals surface area contributed by atoms with Crippen LogP contribution in [0.1, 0.15) is 12.5 Å². The lowest BCUT2D eigenvalue weighted by Gasteiger charge is -2.13. The molecule has 4 rings (SSSR count). The van der Waals surface area contributed by atoms with Crippen molar-refractivity contribution in [1.29, 1.82) is 0 Å². The van der Waals surface area contributed by atoms with Crippen LogP contribution in [0.5, 0.6) is 5.88 Å². The molecule has 0 aliphatic carbocycles. The zero-order valence-electron chi connectivity index (χ0n) is 17.2. The summed E-state index contributed by atoms with van der Waals surface area (Å²) in [4.78, 5) is 41.5. The fourth-order valence-electron chi connectivity index (χ4n) is 3.27. The highest BCUT2D eigenvalue weighted by molar-refractivity contribution is 5.89. The summed E-state index contributed by atoms with van der Waals surface area (Å²) in [6.45, 7) is 1.19. The van der Waals surface area contributed by atoms with E-state index in [4.69, 9.17) is 4.74 Å². The van der Waals surface area contributed by atoms with E-state index in [0.717, 1.165) is 26.2 Å². The molecule has 1 N–H and O–H groups in total. The van der Waals surface area contributed by atoms with Crippen LogP contribution >= 0.6 is 0 Å². The summed E-state index contributed by atoms with van der Waals surface area (Å²) >= 11 is 0. The van der Waals surface area contributed by atoms with Crippen molar-refractivity contribution in [1.82, 2.24) is 19.3 Å². The van der Waals surface area contributed by atoms with E-state index >= 15 is 0 Å². The number of nitrogens with zero attached hydrogens (tertiary/aromatic N) is 4. The van der Waals surface area contributed by atoms with Gasteiger partial charge in [-0.1, -0.05) is 12.1 Å². The molecule has 2 aromatic carbocycles. The molecule has 9 nitrogen and oxygen atoms in total. The van der Waals surface area contributed by atoms with Crippen LogP contribution in [0.4, 0.5) is 10.1 Å². The third kappa shape index (κ3) is 3.97. The standard InChI is InChI=1S/C22H18FN5O4/c1-13(29)25-19-11-16(6-7-17(19)23)28-22(31)27(21(30)20(26-28)32-2)12-14-5-8-18-15(10-14)4-3-9-24-18/h3-11H,12H2,1-2H3,(H,25,29). The van der Waals surface area contributed by atoms with Crippen molar-refractivity contribution in [3.8, 4) is 11.6 Å². The second-order valence-corrected chi connectivity index (χ2v) is 6.97. The van der Waals surface area contributed by atoms with Gasteiger partial charge in [-0.3, -0.25) is 14.6 Å². The Labute approximate surface area is 180 Å². The summed E-state index contributed by atoms with van der Waals surface area (Å²) in [6, 6.07) is 12.7. The molecule has 0 aliphatic heterocycles. The van der Waals surface area contributed by atoms with Crippen LogP contribution in [-0.2, 0) is 11.3 Å². The minimum absolute atomic E-state index is 0.0405. The number of pyridine rings is 1. The number of benzene rings is 2. The van der Waals surface area contributed by atoms with E-state index in [1.54, 1.807) is 24.4 Å². The number of carbonyl (C=O) groups is 1. The number of amides is 1. The molecule has 162 valence electrons. The van der Waals surface area contributed by atoms with Crippen LogP contribution in [-0.4, -0.2) is 32.3 Å². The number of fused-ring (bicyclic) bond motifs is 1. The first-order chi connectivity index (χ1) is 15.4. The van der Waals surface area contributed by atoms with Gasteiger partial charge in [-0.15, -0.1) is 5.10 Å². The molecule has 0 saturated carbocycles. The Balaban J connectivity index is 1.84. The number of aromatic nitrogens is 4. The first-order valence-corrected chi connectivity index (χ1v) is 9.56. The van der Waals surface area contributed by atoms with Crippen LogP contribution in [0.2, 0.25) is 0 Å². The number of ether oxygens (including phenoxy) is 1. The highest BCUT2D eigenvalue weighted by Crippen LogP contribution is 2.18. The number of rotatable bonds is 5. The van der Waals surface area contributed by atoms with Crippen LogP contribution in [0.3, 0.4) is 0 Å². The summed E-state index contributed by atoms with van der Waals surface area (Å²) in [7, 11) is 1.26. The topological polar surface area (TPSA) is 108 Å². The first-order valence-electron chi connectivity index (χ1n) is 9.56. The van der Waals surface area contributed by atoms with Crippen LogP contribution in [0.25, 0.3) is 16.6 Å². The van der Waals surface area contributed by atoms with E-state index in [1.807, 2.05) is 12.1 Å². The lowest BCUT2D eigenvalue weighted by Crippen LogP contribution is -2.41. The smallest absolute Gasteiger partial charge is 0.352 e. The van der Waals surface area contributed by atoms with E-state index in [1.165, 1.54) is 26.2 Å². The fourth-order valence-corrected chi connectivity index (χ4v) is 3.27. The van der Waals surface area contributed by atoms with Crippen molar-refractivity contribution in [3.63, 3.8) is 0 Å². The minimum atomic E-state index is -0.748. The van der Waals surface area contributed by atoms with Gasteiger partial charge in [0.15, 0.2) is 0 Å². The lowest BCUT2D eigenvalue weighted by atomic mass is 10.1. The van der Waals surface area contributed by atoms with Gasteiger partial charge in [0.05, 0.1) is 30.5 Å². The van der Waals surface area contributed by atoms with Gasteiger partial charge in [0, 0.05) is 18.5 Å². The zero-order chi connectivity index (χ0) is 22.8. The molecule has 32 heavy (non-hydrogen) atoms. The number of nitrogens with one attached hydrogen (secondary N) is 1. The second-order valence-electron chi connectivity index (χ2n) is 6.97. The molecule has 1 amide bonds. The number of methoxy groups -OCH3 is 1. The highest BCUT2D eigenvalue weighted by Gasteiger charge is 2.17. The molecule has 0 spiro atoms. The normalized spacial score (nSPS) is 10.8. The van der Waals surface area contributed by atoms with Gasteiger partial charge >= 0.3 is 11.2 Å². The maximum Gasteiger partial charge on any atom is 0.352 e. The summed E-state index contributed by atoms with van der Waals surface area (Å²) < 4.78 is 21.0. The third-order valence-electron chi connectivity index (χ3n) is 4.74. The zero-order valence-corrected chi connectivity index (χ0v) is 17.2. The van der Waals surface area contributed by atoms with Crippen molar-refractivity contribution in [2.75, 3.05) is 12.4 Å². The SMILES string of the molecule is COc1nn(-c2ccc(F)c(NC(C)=O)c2)c(=O)n(Cc2ccc3ncccc3c2)c1=O. The van der Waals surface area contributed by atoms with Crippen LogP contribution in [0.15, 0.2) is 64.3 Å². The molecule has 4 aromatic rings. The number of hydrogen-bond donors (Lipinski definition) is 1. The van der Waals surface area contributed by atoms with Crippen LogP contribution < -0.4 is 21.3 Å². The molecule has 0 unspecified atom stereocenters. The molecular weight excluding hydrogens is 417 g/mol. The summed E-state index contributed by atoms with van der Waals surface area (Å²) in [5.41, 5.74) is 0.0525. The van der Waals surface area contributed by atoms with Crippen molar-refractivity contribution in [2.45, 2.75) is 13.5 Å². The van der Waals surface area contributed by atoms with E-state index in [2.05, 4.69) is 15.4 Å². The predicted molar refractivity (Wildman–Crippen MR) is 116 cm³/mol. The largest absolute Gasteiger partial charge is 0.476 e. The van der Waals surface area contributed by atoms with E-state index < -0.39 is 23.0 Å². The van der Waals surface area contributed by atoms with E-state index in [0.29, 0.717) is 5.56 Å².